The van der Waals surface area contributed by atoms with Crippen LogP contribution in [0.4, 0.5) is 4.79 Å². The van der Waals surface area contributed by atoms with E-state index in [4.69, 9.17) is 38.6 Å². The molecular weight excluding hydrogens is 590 g/mol. The van der Waals surface area contributed by atoms with E-state index in [0.717, 1.165) is 57.8 Å². The first-order valence-corrected chi connectivity index (χ1v) is 18.3. The lowest BCUT2D eigenvalue weighted by Gasteiger charge is -2.62. The third kappa shape index (κ3) is 4.55. The van der Waals surface area contributed by atoms with Gasteiger partial charge >= 0.3 is 6.16 Å². The second-order valence-electron chi connectivity index (χ2n) is 17.2. The number of carbonyl (C=O) groups excluding carboxylic acids is 1. The van der Waals surface area contributed by atoms with E-state index in [0.29, 0.717) is 41.7 Å². The molecule has 6 heterocycles. The lowest BCUT2D eigenvalue weighted by molar-refractivity contribution is -0.487. The Hall–Kier alpha value is -1.30. The van der Waals surface area contributed by atoms with E-state index >= 15 is 0 Å². The van der Waals surface area contributed by atoms with Crippen molar-refractivity contribution in [2.75, 3.05) is 7.11 Å². The maximum absolute atomic E-state index is 12.3. The van der Waals surface area contributed by atoms with Crippen LogP contribution in [0.15, 0.2) is 5.16 Å². The van der Waals surface area contributed by atoms with Crippen molar-refractivity contribution < 1.29 is 43.4 Å². The van der Waals surface area contributed by atoms with Gasteiger partial charge in [-0.15, -0.1) is 0 Å². The first-order valence-electron chi connectivity index (χ1n) is 18.3. The van der Waals surface area contributed by atoms with Crippen molar-refractivity contribution in [2.45, 2.75) is 159 Å². The SMILES string of the molecule is COC(=O)O/N=C(/C[C@H]1O[C@@H]2C[C@]3(C)CC[C@H]4[C@H](C)CC[C@@H]([C@H]1C)[C@@]24OO3)[C@H]1O[C@@H]2C[C@]3(C)CC[C@H]4[C@H](C)CC[C@@H]([C@H]1C)[C@@]24OO3. The lowest BCUT2D eigenvalue weighted by atomic mass is 9.55. The monoisotopic (exact) mass is 645 g/mol. The van der Waals surface area contributed by atoms with E-state index in [-0.39, 0.29) is 53.4 Å². The average molecular weight is 646 g/mol. The van der Waals surface area contributed by atoms with Crippen LogP contribution in [0.3, 0.4) is 0 Å². The van der Waals surface area contributed by atoms with Crippen LogP contribution in [0, 0.1) is 47.3 Å². The molecule has 0 radical (unpaired) electrons. The number of hydrogen-bond acceptors (Lipinski definition) is 10. The van der Waals surface area contributed by atoms with Crippen LogP contribution < -0.4 is 0 Å². The molecule has 10 aliphatic rings. The molecule has 10 rings (SSSR count). The van der Waals surface area contributed by atoms with Crippen LogP contribution in [0.1, 0.15) is 112 Å². The highest BCUT2D eigenvalue weighted by atomic mass is 17.2. The Kier molecular flexibility index (Phi) is 7.71. The zero-order chi connectivity index (χ0) is 32.2. The van der Waals surface area contributed by atoms with Gasteiger partial charge in [-0.25, -0.2) is 24.3 Å². The Morgan fingerprint density at radius 3 is 1.83 bits per heavy atom. The first-order chi connectivity index (χ1) is 21.9. The van der Waals surface area contributed by atoms with Gasteiger partial charge in [0.25, 0.3) is 0 Å². The van der Waals surface area contributed by atoms with Crippen LogP contribution in [-0.2, 0) is 38.6 Å². The molecule has 4 saturated carbocycles. The Bertz CT molecular complexity index is 1250. The minimum atomic E-state index is -0.831. The summed E-state index contributed by atoms with van der Waals surface area (Å²) in [6.45, 7) is 13.6. The highest BCUT2D eigenvalue weighted by Crippen LogP contribution is 2.63. The number of methoxy groups -OCH3 is 1. The molecule has 0 aromatic heterocycles. The number of oxime groups is 1. The van der Waals surface area contributed by atoms with Crippen LogP contribution in [0.5, 0.6) is 0 Å². The van der Waals surface area contributed by atoms with Gasteiger partial charge < -0.3 is 14.2 Å². The Morgan fingerprint density at radius 1 is 0.717 bits per heavy atom. The fourth-order valence-corrected chi connectivity index (χ4v) is 12.2. The largest absolute Gasteiger partial charge is 0.534 e. The van der Waals surface area contributed by atoms with Gasteiger partial charge in [0, 0.05) is 19.3 Å². The van der Waals surface area contributed by atoms with E-state index in [9.17, 15) is 4.79 Å². The van der Waals surface area contributed by atoms with E-state index in [2.05, 4.69) is 46.7 Å². The van der Waals surface area contributed by atoms with Crippen LogP contribution in [-0.4, -0.2) is 65.8 Å². The molecule has 6 saturated heterocycles. The molecule has 0 N–H and O–H groups in total. The van der Waals surface area contributed by atoms with Crippen LogP contribution in [0.25, 0.3) is 0 Å². The van der Waals surface area contributed by atoms with Gasteiger partial charge in [0.15, 0.2) is 0 Å². The standard InChI is InChI=1S/C36H55NO9/c1-19-8-10-25-21(3)28(40-29-17-33(5)14-12-23(19)35(25,29)45-43-33)16-27(37-42-32(38)39-7)31-22(4)26-11-9-20(2)24-13-15-34(6)18-30(41-31)36(24,26)46-44-34/h19-26,28-31H,8-18H2,1-7H3/b37-27-/t19-,20-,21-,22-,23+,24+,25+,26+,28-,29-,30-,31+,33+,34+,35-,36-/m1/s1. The number of rotatable bonds is 4. The quantitative estimate of drug-likeness (QED) is 0.106. The molecule has 10 fully saturated rings. The van der Waals surface area contributed by atoms with Gasteiger partial charge in [0.1, 0.15) is 28.5 Å². The molecule has 2 spiro atoms. The number of hydrogen-bond donors (Lipinski definition) is 0. The maximum atomic E-state index is 12.3. The van der Waals surface area contributed by atoms with Crippen LogP contribution in [0.2, 0.25) is 0 Å². The maximum Gasteiger partial charge on any atom is 0.534 e. The number of nitrogens with zero attached hydrogens (tertiary/aromatic N) is 1. The molecule has 6 aliphatic heterocycles. The molecule has 16 atom stereocenters. The van der Waals surface area contributed by atoms with Gasteiger partial charge in [-0.3, -0.25) is 4.84 Å². The van der Waals surface area contributed by atoms with Crippen molar-refractivity contribution >= 4 is 11.9 Å². The molecule has 46 heavy (non-hydrogen) atoms. The minimum absolute atomic E-state index is 0.0628. The van der Waals surface area contributed by atoms with Crippen molar-refractivity contribution in [1.29, 1.82) is 0 Å². The van der Waals surface area contributed by atoms with E-state index in [1.807, 2.05) is 0 Å². The summed E-state index contributed by atoms with van der Waals surface area (Å²) in [4.78, 5) is 43.2. The second kappa shape index (κ2) is 11.1. The lowest BCUT2D eigenvalue weighted by Crippen LogP contribution is -2.71. The molecule has 10 nitrogen and oxygen atoms in total. The molecule has 0 unspecified atom stereocenters. The Balaban J connectivity index is 1.13. The van der Waals surface area contributed by atoms with Gasteiger partial charge in [0.2, 0.25) is 0 Å². The van der Waals surface area contributed by atoms with Crippen molar-refractivity contribution in [1.82, 2.24) is 0 Å². The predicted octanol–water partition coefficient (Wildman–Crippen LogP) is 6.93. The Labute approximate surface area is 273 Å². The summed E-state index contributed by atoms with van der Waals surface area (Å²) in [5.74, 6) is 2.70. The Morgan fingerprint density at radius 2 is 1.26 bits per heavy atom. The van der Waals surface area contributed by atoms with Crippen molar-refractivity contribution in [3.8, 4) is 0 Å². The summed E-state index contributed by atoms with van der Waals surface area (Å²) in [5, 5.41) is 4.54. The average Bonchev–Trinajstić information content (AvgIpc) is 3.41. The first kappa shape index (κ1) is 31.9. The van der Waals surface area contributed by atoms with Crippen molar-refractivity contribution in [3.05, 3.63) is 0 Å². The van der Waals surface area contributed by atoms with Gasteiger partial charge in [-0.1, -0.05) is 32.9 Å². The fourth-order valence-electron chi connectivity index (χ4n) is 12.2. The van der Waals surface area contributed by atoms with E-state index in [1.165, 1.54) is 13.5 Å². The summed E-state index contributed by atoms with van der Waals surface area (Å²) >= 11 is 0. The minimum Gasteiger partial charge on any atom is -0.436 e. The molecule has 0 aromatic carbocycles. The normalized spacial score (nSPS) is 55.8. The summed E-state index contributed by atoms with van der Waals surface area (Å²) in [6, 6.07) is 0. The molecule has 4 aliphatic carbocycles. The number of ether oxygens (including phenoxy) is 3. The van der Waals surface area contributed by atoms with Crippen molar-refractivity contribution in [3.63, 3.8) is 0 Å². The predicted molar refractivity (Wildman–Crippen MR) is 166 cm³/mol. The number of fused-ring (bicyclic) bond motifs is 4. The summed E-state index contributed by atoms with van der Waals surface area (Å²) < 4.78 is 19.2. The zero-order valence-corrected chi connectivity index (χ0v) is 28.8. The molecular formula is C36H55NO9. The van der Waals surface area contributed by atoms with Gasteiger partial charge in [-0.2, -0.15) is 0 Å². The fraction of sp³-hybridized carbons (Fsp3) is 0.944. The zero-order valence-electron chi connectivity index (χ0n) is 28.8. The van der Waals surface area contributed by atoms with E-state index in [1.54, 1.807) is 0 Å². The van der Waals surface area contributed by atoms with E-state index < -0.39 is 17.4 Å². The van der Waals surface area contributed by atoms with Crippen LogP contribution >= 0.6 is 0 Å². The molecule has 4 bridgehead atoms. The van der Waals surface area contributed by atoms with Gasteiger partial charge in [0.05, 0.1) is 31.1 Å². The highest BCUT2D eigenvalue weighted by molar-refractivity contribution is 5.89. The van der Waals surface area contributed by atoms with Crippen molar-refractivity contribution in [2.24, 2.45) is 52.5 Å². The topological polar surface area (TPSA) is 103 Å². The summed E-state index contributed by atoms with van der Waals surface area (Å²) in [5.41, 5.74) is -0.924. The summed E-state index contributed by atoms with van der Waals surface area (Å²) in [6.07, 6.45) is 9.19. The number of carbonyl (C=O) groups is 1. The highest BCUT2D eigenvalue weighted by Gasteiger charge is 2.70. The second-order valence-corrected chi connectivity index (χ2v) is 17.2. The molecule has 258 valence electrons. The third-order valence-electron chi connectivity index (χ3n) is 14.7. The van der Waals surface area contributed by atoms with Gasteiger partial charge in [-0.05, 0) is 113 Å². The molecule has 0 amide bonds. The third-order valence-corrected chi connectivity index (χ3v) is 14.7. The smallest absolute Gasteiger partial charge is 0.436 e. The molecule has 10 heteroatoms. The summed E-state index contributed by atoms with van der Waals surface area (Å²) in [7, 11) is 1.31. The molecule has 0 aromatic rings.